The van der Waals surface area contributed by atoms with Gasteiger partial charge in [-0.15, -0.1) is 0 Å². The summed E-state index contributed by atoms with van der Waals surface area (Å²) in [5.74, 6) is 0.904. The molecule has 4 heteroatoms. The first-order valence-electron chi connectivity index (χ1n) is 5.65. The number of nitrogens with zero attached hydrogens (tertiary/aromatic N) is 1. The van der Waals surface area contributed by atoms with Crippen molar-refractivity contribution in [2.24, 2.45) is 0 Å². The summed E-state index contributed by atoms with van der Waals surface area (Å²) in [7, 11) is 0. The maximum atomic E-state index is 5.75. The summed E-state index contributed by atoms with van der Waals surface area (Å²) in [5.41, 5.74) is 2.43. The summed E-state index contributed by atoms with van der Waals surface area (Å²) in [5, 5.41) is 0.815. The second kappa shape index (κ2) is 6.90. The molecule has 2 nitrogen and oxygen atoms in total. The van der Waals surface area contributed by atoms with Gasteiger partial charge < -0.3 is 4.74 Å². The van der Waals surface area contributed by atoms with Gasteiger partial charge in [0.2, 0.25) is 0 Å². The molecule has 0 unspecified atom stereocenters. The average molecular weight is 371 g/mol. The van der Waals surface area contributed by atoms with Crippen LogP contribution in [0.5, 0.6) is 5.75 Å². The summed E-state index contributed by atoms with van der Waals surface area (Å²) >= 11 is 6.96. The predicted octanol–water partition coefficient (Wildman–Crippen LogP) is 4.36. The normalized spacial score (nSPS) is 10.3. The number of alkyl halides is 1. The van der Waals surface area contributed by atoms with Gasteiger partial charge >= 0.3 is 0 Å². The molecule has 0 fully saturated rings. The quantitative estimate of drug-likeness (QED) is 0.729. The SMILES string of the molecule is BrCc1cc(OCCc2ccncc2)ccc1Br. The summed E-state index contributed by atoms with van der Waals surface area (Å²) in [6.07, 6.45) is 4.50. The van der Waals surface area contributed by atoms with Crippen LogP contribution in [-0.2, 0) is 11.8 Å². The first kappa shape index (κ1) is 13.6. The van der Waals surface area contributed by atoms with Crippen LogP contribution in [0.3, 0.4) is 0 Å². The second-order valence-electron chi connectivity index (χ2n) is 3.84. The van der Waals surface area contributed by atoms with E-state index in [0.717, 1.165) is 22.0 Å². The molecule has 1 aromatic carbocycles. The van der Waals surface area contributed by atoms with Gasteiger partial charge in [-0.25, -0.2) is 0 Å². The third-order valence-electron chi connectivity index (χ3n) is 2.57. The highest BCUT2D eigenvalue weighted by atomic mass is 79.9. The van der Waals surface area contributed by atoms with Crippen LogP contribution in [0.25, 0.3) is 0 Å². The van der Waals surface area contributed by atoms with Crippen LogP contribution in [0.1, 0.15) is 11.1 Å². The summed E-state index contributed by atoms with van der Waals surface area (Å²) < 4.78 is 6.84. The zero-order valence-electron chi connectivity index (χ0n) is 9.77. The van der Waals surface area contributed by atoms with Gasteiger partial charge in [-0.3, -0.25) is 4.98 Å². The lowest BCUT2D eigenvalue weighted by molar-refractivity contribution is 0.321. The summed E-state index contributed by atoms with van der Waals surface area (Å²) in [6.45, 7) is 0.674. The first-order chi connectivity index (χ1) is 8.79. The van der Waals surface area contributed by atoms with Crippen LogP contribution in [0.2, 0.25) is 0 Å². The van der Waals surface area contributed by atoms with Crippen LogP contribution >= 0.6 is 31.9 Å². The molecule has 2 rings (SSSR count). The van der Waals surface area contributed by atoms with Gasteiger partial charge in [-0.05, 0) is 41.5 Å². The molecular formula is C14H13Br2NO. The Bertz CT molecular complexity index is 502. The van der Waals surface area contributed by atoms with Crippen molar-refractivity contribution in [1.29, 1.82) is 0 Å². The van der Waals surface area contributed by atoms with Gasteiger partial charge in [0.05, 0.1) is 6.61 Å². The second-order valence-corrected chi connectivity index (χ2v) is 5.26. The largest absolute Gasteiger partial charge is 0.493 e. The molecule has 0 saturated carbocycles. The Morgan fingerprint density at radius 2 is 1.89 bits per heavy atom. The van der Waals surface area contributed by atoms with E-state index in [4.69, 9.17) is 4.74 Å². The Hall–Kier alpha value is -0.870. The van der Waals surface area contributed by atoms with E-state index in [-0.39, 0.29) is 0 Å². The molecule has 1 heterocycles. The van der Waals surface area contributed by atoms with E-state index in [1.807, 2.05) is 30.3 Å². The fourth-order valence-corrected chi connectivity index (χ4v) is 2.81. The van der Waals surface area contributed by atoms with Gasteiger partial charge in [0, 0.05) is 28.6 Å². The highest BCUT2D eigenvalue weighted by Crippen LogP contribution is 2.24. The number of rotatable bonds is 5. The Kier molecular flexibility index (Phi) is 5.20. The van der Waals surface area contributed by atoms with E-state index in [0.29, 0.717) is 6.61 Å². The molecule has 0 bridgehead atoms. The molecule has 0 N–H and O–H groups in total. The van der Waals surface area contributed by atoms with Gasteiger partial charge in [0.1, 0.15) is 5.75 Å². The third kappa shape index (κ3) is 3.82. The summed E-state index contributed by atoms with van der Waals surface area (Å²) in [6, 6.07) is 10.1. The molecule has 0 spiro atoms. The average Bonchev–Trinajstić information content (AvgIpc) is 2.42. The van der Waals surface area contributed by atoms with E-state index in [1.54, 1.807) is 12.4 Å². The lowest BCUT2D eigenvalue weighted by atomic mass is 10.2. The maximum absolute atomic E-state index is 5.75. The topological polar surface area (TPSA) is 22.1 Å². The molecule has 0 aliphatic heterocycles. The number of benzene rings is 1. The highest BCUT2D eigenvalue weighted by Gasteiger charge is 2.01. The molecule has 0 amide bonds. The maximum Gasteiger partial charge on any atom is 0.119 e. The van der Waals surface area contributed by atoms with Crippen molar-refractivity contribution < 1.29 is 4.74 Å². The van der Waals surface area contributed by atoms with E-state index >= 15 is 0 Å². The van der Waals surface area contributed by atoms with E-state index in [9.17, 15) is 0 Å². The standard InChI is InChI=1S/C14H13Br2NO/c15-10-12-9-13(1-2-14(12)16)18-8-5-11-3-6-17-7-4-11/h1-4,6-7,9H,5,8,10H2. The fraction of sp³-hybridized carbons (Fsp3) is 0.214. The number of halogens is 2. The van der Waals surface area contributed by atoms with Crippen LogP contribution < -0.4 is 4.74 Å². The lowest BCUT2D eigenvalue weighted by Gasteiger charge is -2.08. The number of hydrogen-bond donors (Lipinski definition) is 0. The number of ether oxygens (including phenoxy) is 1. The molecule has 0 atom stereocenters. The van der Waals surface area contributed by atoms with Crippen molar-refractivity contribution in [3.8, 4) is 5.75 Å². The molecule has 2 aromatic rings. The molecule has 0 aliphatic rings. The van der Waals surface area contributed by atoms with Gasteiger partial charge in [-0.1, -0.05) is 31.9 Å². The monoisotopic (exact) mass is 369 g/mol. The fourth-order valence-electron chi connectivity index (χ4n) is 1.58. The smallest absolute Gasteiger partial charge is 0.119 e. The Morgan fingerprint density at radius 1 is 1.11 bits per heavy atom. The van der Waals surface area contributed by atoms with Crippen LogP contribution in [0.4, 0.5) is 0 Å². The van der Waals surface area contributed by atoms with Crippen LogP contribution in [0, 0.1) is 0 Å². The highest BCUT2D eigenvalue weighted by molar-refractivity contribution is 9.10. The van der Waals surface area contributed by atoms with Crippen molar-refractivity contribution in [3.05, 3.63) is 58.3 Å². The molecule has 0 aliphatic carbocycles. The minimum atomic E-state index is 0.674. The van der Waals surface area contributed by atoms with E-state index < -0.39 is 0 Å². The molecule has 0 saturated heterocycles. The lowest BCUT2D eigenvalue weighted by Crippen LogP contribution is -2.01. The van der Waals surface area contributed by atoms with Crippen molar-refractivity contribution in [2.75, 3.05) is 6.61 Å². The zero-order valence-corrected chi connectivity index (χ0v) is 12.9. The molecule has 0 radical (unpaired) electrons. The van der Waals surface area contributed by atoms with Gasteiger partial charge in [-0.2, -0.15) is 0 Å². The summed E-state index contributed by atoms with van der Waals surface area (Å²) in [4.78, 5) is 3.99. The van der Waals surface area contributed by atoms with E-state index in [2.05, 4.69) is 36.8 Å². The first-order valence-corrected chi connectivity index (χ1v) is 7.57. The third-order valence-corrected chi connectivity index (χ3v) is 3.95. The van der Waals surface area contributed by atoms with Crippen molar-refractivity contribution in [3.63, 3.8) is 0 Å². The minimum absolute atomic E-state index is 0.674. The number of aromatic nitrogens is 1. The number of pyridine rings is 1. The van der Waals surface area contributed by atoms with Crippen molar-refractivity contribution in [2.45, 2.75) is 11.8 Å². The molecule has 1 aromatic heterocycles. The van der Waals surface area contributed by atoms with Crippen LogP contribution in [-0.4, -0.2) is 11.6 Å². The van der Waals surface area contributed by atoms with Gasteiger partial charge in [0.25, 0.3) is 0 Å². The Morgan fingerprint density at radius 3 is 2.61 bits per heavy atom. The van der Waals surface area contributed by atoms with Crippen molar-refractivity contribution >= 4 is 31.9 Å². The Labute approximate surface area is 124 Å². The molecule has 94 valence electrons. The number of hydrogen-bond acceptors (Lipinski definition) is 2. The van der Waals surface area contributed by atoms with Crippen LogP contribution in [0.15, 0.2) is 47.2 Å². The van der Waals surface area contributed by atoms with Crippen molar-refractivity contribution in [1.82, 2.24) is 4.98 Å². The molecular weight excluding hydrogens is 358 g/mol. The van der Waals surface area contributed by atoms with Gasteiger partial charge in [0.15, 0.2) is 0 Å². The zero-order chi connectivity index (χ0) is 12.8. The van der Waals surface area contributed by atoms with E-state index in [1.165, 1.54) is 11.1 Å². The predicted molar refractivity (Wildman–Crippen MR) is 80.2 cm³/mol. The minimum Gasteiger partial charge on any atom is -0.493 e. The Balaban J connectivity index is 1.91. The molecule has 18 heavy (non-hydrogen) atoms.